The molecule has 0 aliphatic carbocycles. The zero-order valence-corrected chi connectivity index (χ0v) is 2.89. The van der Waals surface area contributed by atoms with Crippen molar-refractivity contribution in [2.75, 3.05) is 0 Å². The Balaban J connectivity index is -0.0000000275. The number of nitrogens with zero attached hydrogens (tertiary/aromatic N) is 2. The molecular formula is C4H7N2-. The Bertz CT molecular complexity index is 48.3. The molecule has 0 aromatic carbocycles. The van der Waals surface area contributed by atoms with Gasteiger partial charge in [0.25, 0.3) is 0 Å². The van der Waals surface area contributed by atoms with Gasteiger partial charge in [0.05, 0.1) is 6.07 Å². The van der Waals surface area contributed by atoms with Gasteiger partial charge >= 0.3 is 0 Å². The van der Waals surface area contributed by atoms with Crippen molar-refractivity contribution in [3.05, 3.63) is 6.57 Å². The second kappa shape index (κ2) is 88400. The largest absolute Gasteiger partial charge is 0.512 e. The van der Waals surface area contributed by atoms with E-state index in [1.807, 2.05) is 0 Å². The molecule has 0 aromatic heterocycles. The lowest BCUT2D eigenvalue weighted by atomic mass is 11.0. The molecule has 2 nitrogen and oxygen atoms in total. The van der Waals surface area contributed by atoms with Crippen molar-refractivity contribution in [3.63, 3.8) is 0 Å². The minimum atomic E-state index is 0. The summed E-state index contributed by atoms with van der Waals surface area (Å²) in [6.45, 7) is 6.18. The Kier molecular flexibility index (Phi) is 296000. The Morgan fingerprint density at radius 1 is 1.50 bits per heavy atom. The molecule has 6 heavy (non-hydrogen) atoms. The van der Waals surface area contributed by atoms with Crippen LogP contribution in [0.2, 0.25) is 0 Å². The fourth-order valence-corrected chi connectivity index (χ4v) is 0. The van der Waals surface area contributed by atoms with Crippen LogP contribution < -0.4 is 0 Å². The number of nitriles is 1. The Labute approximate surface area is 38.6 Å². The highest BCUT2D eigenvalue weighted by molar-refractivity contribution is 4.51. The van der Waals surface area contributed by atoms with E-state index >= 15 is 0 Å². The highest BCUT2D eigenvalue weighted by Crippen LogP contribution is 1.21. The van der Waals surface area contributed by atoms with Gasteiger partial charge in [0.1, 0.15) is 0 Å². The number of rotatable bonds is 0. The van der Waals surface area contributed by atoms with Crippen molar-refractivity contribution < 1.29 is 0 Å². The van der Waals surface area contributed by atoms with Gasteiger partial charge in [-0.1, -0.05) is 7.43 Å². The first-order valence-electron chi connectivity index (χ1n) is 0.947. The van der Waals surface area contributed by atoms with Crippen LogP contribution in [0.3, 0.4) is 0 Å². The molecule has 0 unspecified atom stereocenters. The second-order valence-corrected chi connectivity index (χ2v) is 0.224. The van der Waals surface area contributed by atoms with Crippen LogP contribution in [-0.2, 0) is 0 Å². The fourth-order valence-electron chi connectivity index (χ4n) is 0. The van der Waals surface area contributed by atoms with Gasteiger partial charge in [0.15, 0.2) is 0 Å². The summed E-state index contributed by atoms with van der Waals surface area (Å²) in [7, 11) is 0. The molecule has 0 spiro atoms. The summed E-state index contributed by atoms with van der Waals surface area (Å²) in [6, 6.07) is 1.75. The molecule has 0 aliphatic heterocycles. The third-order valence-electron chi connectivity index (χ3n) is 0. The molecule has 0 saturated carbocycles. The van der Waals surface area contributed by atoms with E-state index in [2.05, 4.69) is 0 Å². The van der Waals surface area contributed by atoms with Crippen LogP contribution in [-0.4, -0.2) is 0 Å². The van der Waals surface area contributed by atoms with E-state index in [4.69, 9.17) is 17.1 Å². The summed E-state index contributed by atoms with van der Waals surface area (Å²) in [6.07, 6.45) is 0. The highest BCUT2D eigenvalue weighted by atomic mass is 14.2. The van der Waals surface area contributed by atoms with Crippen molar-refractivity contribution in [2.45, 2.75) is 14.4 Å². The SMILES string of the molecule is C.CC#N.[C-]#N. The molecule has 0 fully saturated rings. The number of hydrogen-bond donors (Lipinski definition) is 0. The predicted molar refractivity (Wildman–Crippen MR) is 23.0 cm³/mol. The molecule has 0 rings (SSSR count). The summed E-state index contributed by atoms with van der Waals surface area (Å²) >= 11 is 0. The Morgan fingerprint density at radius 3 is 1.50 bits per heavy atom. The van der Waals surface area contributed by atoms with Crippen LogP contribution in [0.4, 0.5) is 0 Å². The van der Waals surface area contributed by atoms with Gasteiger partial charge in [0, 0.05) is 6.92 Å². The lowest BCUT2D eigenvalue weighted by molar-refractivity contribution is 1.49. The van der Waals surface area contributed by atoms with Gasteiger partial charge in [0.2, 0.25) is 0 Å². The fraction of sp³-hybridized carbons (Fsp3) is 0.500. The van der Waals surface area contributed by atoms with Crippen molar-refractivity contribution >= 4 is 0 Å². The summed E-state index contributed by atoms with van der Waals surface area (Å²) in [5, 5.41) is 13.6. The van der Waals surface area contributed by atoms with Crippen LogP contribution in [0, 0.1) is 23.2 Å². The summed E-state index contributed by atoms with van der Waals surface area (Å²) in [5.74, 6) is 0. The minimum Gasteiger partial charge on any atom is -0.512 e. The second-order valence-electron chi connectivity index (χ2n) is 0.224. The van der Waals surface area contributed by atoms with E-state index in [0.29, 0.717) is 0 Å². The van der Waals surface area contributed by atoms with Crippen molar-refractivity contribution in [2.24, 2.45) is 0 Å². The van der Waals surface area contributed by atoms with Crippen LogP contribution in [0.1, 0.15) is 14.4 Å². The lowest BCUT2D eigenvalue weighted by Crippen LogP contribution is -1.10. The Morgan fingerprint density at radius 2 is 1.50 bits per heavy atom. The smallest absolute Gasteiger partial charge is 0.0587 e. The van der Waals surface area contributed by atoms with Gasteiger partial charge in [-0.3, -0.25) is 0 Å². The monoisotopic (exact) mass is 83.1 g/mol. The summed E-state index contributed by atoms with van der Waals surface area (Å²) < 4.78 is 0. The minimum absolute atomic E-state index is 0. The molecule has 2 heteroatoms. The molecule has 0 bridgehead atoms. The maximum atomic E-state index is 7.32. The standard InChI is InChI=1S/C2H3N.CN.CH4/c1-2-3;1-2;/h1H3;;1H4/q;-1;. The molecule has 0 atom stereocenters. The zero-order valence-electron chi connectivity index (χ0n) is 2.89. The molecule has 0 heterocycles. The molecule has 0 aliphatic rings. The molecule has 0 amide bonds. The van der Waals surface area contributed by atoms with Gasteiger partial charge in [-0.2, -0.15) is 5.26 Å². The van der Waals surface area contributed by atoms with Gasteiger partial charge in [-0.05, 0) is 0 Å². The van der Waals surface area contributed by atoms with E-state index < -0.39 is 0 Å². The van der Waals surface area contributed by atoms with Crippen LogP contribution in [0.15, 0.2) is 0 Å². The van der Waals surface area contributed by atoms with Crippen LogP contribution in [0.5, 0.6) is 0 Å². The maximum absolute atomic E-state index is 7.32. The van der Waals surface area contributed by atoms with Crippen molar-refractivity contribution in [1.29, 1.82) is 10.5 Å². The van der Waals surface area contributed by atoms with E-state index in [1.165, 1.54) is 6.92 Å². The molecule has 0 N–H and O–H groups in total. The topological polar surface area (TPSA) is 47.6 Å². The first-order chi connectivity index (χ1) is 2.41. The molecule has 34 valence electrons. The summed E-state index contributed by atoms with van der Waals surface area (Å²) in [4.78, 5) is 0. The van der Waals surface area contributed by atoms with Gasteiger partial charge in [-0.25, -0.2) is 0 Å². The van der Waals surface area contributed by atoms with Crippen molar-refractivity contribution in [1.82, 2.24) is 0 Å². The van der Waals surface area contributed by atoms with Gasteiger partial charge < -0.3 is 11.8 Å². The molecule has 0 aromatic rings. The molecular weight excluding hydrogens is 76.1 g/mol. The molecule has 0 radical (unpaired) electrons. The van der Waals surface area contributed by atoms with Crippen LogP contribution in [0.25, 0.3) is 0 Å². The summed E-state index contributed by atoms with van der Waals surface area (Å²) in [5.41, 5.74) is 0. The Hall–Kier alpha value is -1.02. The average molecular weight is 83.1 g/mol. The zero-order chi connectivity index (χ0) is 4.71. The van der Waals surface area contributed by atoms with E-state index in [9.17, 15) is 0 Å². The maximum Gasteiger partial charge on any atom is 0.0587 e. The third-order valence-corrected chi connectivity index (χ3v) is 0. The van der Waals surface area contributed by atoms with E-state index in [-0.39, 0.29) is 7.43 Å². The van der Waals surface area contributed by atoms with Gasteiger partial charge in [-0.15, -0.1) is 0 Å². The predicted octanol–water partition coefficient (Wildman–Crippen LogP) is 1.26. The number of hydrogen-bond acceptors (Lipinski definition) is 2. The third kappa shape index (κ3) is 11.2. The van der Waals surface area contributed by atoms with E-state index in [0.717, 1.165) is 0 Å². The molecule has 0 saturated heterocycles. The normalized spacial score (nSPS) is 1.67. The average Bonchev–Trinajstić information content (AvgIpc) is 1.46. The quantitative estimate of drug-likeness (QED) is 0.414. The van der Waals surface area contributed by atoms with Crippen LogP contribution >= 0.6 is 0 Å². The lowest BCUT2D eigenvalue weighted by Gasteiger charge is -1.15. The van der Waals surface area contributed by atoms with E-state index in [1.54, 1.807) is 6.07 Å². The van der Waals surface area contributed by atoms with Crippen molar-refractivity contribution in [3.8, 4) is 6.07 Å². The first-order valence-corrected chi connectivity index (χ1v) is 0.947. The highest BCUT2D eigenvalue weighted by Gasteiger charge is 1.17. The first kappa shape index (κ1) is 20.1.